The van der Waals surface area contributed by atoms with Crippen LogP contribution in [0, 0.1) is 0 Å². The molecule has 2 nitrogen and oxygen atoms in total. The van der Waals surface area contributed by atoms with Gasteiger partial charge in [0.05, 0.1) is 13.2 Å². The summed E-state index contributed by atoms with van der Waals surface area (Å²) in [6, 6.07) is 9.95. The van der Waals surface area contributed by atoms with Crippen LogP contribution in [0.5, 0.6) is 0 Å². The molecule has 1 aromatic rings. The first-order valence-corrected chi connectivity index (χ1v) is 4.62. The molecule has 0 fully saturated rings. The summed E-state index contributed by atoms with van der Waals surface area (Å²) < 4.78 is 5.28. The van der Waals surface area contributed by atoms with Gasteiger partial charge in [-0.3, -0.25) is 0 Å². The molecule has 0 aliphatic rings. The topological polar surface area (TPSA) is 29.5 Å². The summed E-state index contributed by atoms with van der Waals surface area (Å²) in [6.45, 7) is 3.39. The van der Waals surface area contributed by atoms with Crippen molar-refractivity contribution in [2.45, 2.75) is 12.8 Å². The summed E-state index contributed by atoms with van der Waals surface area (Å²) >= 11 is 0. The molecular formula is C11H16O2. The Hall–Kier alpha value is -0.860. The molecule has 0 saturated heterocycles. The monoisotopic (exact) mass is 180 g/mol. The Morgan fingerprint density at radius 3 is 2.54 bits per heavy atom. The molecule has 0 saturated carbocycles. The highest BCUT2D eigenvalue weighted by atomic mass is 16.5. The molecule has 1 aromatic carbocycles. The van der Waals surface area contributed by atoms with Gasteiger partial charge in [-0.1, -0.05) is 30.3 Å². The van der Waals surface area contributed by atoms with Gasteiger partial charge in [-0.05, 0) is 12.5 Å². The van der Waals surface area contributed by atoms with E-state index in [0.29, 0.717) is 13.2 Å². The third kappa shape index (κ3) is 3.17. The van der Waals surface area contributed by atoms with Crippen LogP contribution in [0.25, 0.3) is 0 Å². The second kappa shape index (κ2) is 5.73. The molecule has 0 radical (unpaired) electrons. The fourth-order valence-electron chi connectivity index (χ4n) is 1.24. The van der Waals surface area contributed by atoms with E-state index >= 15 is 0 Å². The largest absolute Gasteiger partial charge is 0.396 e. The third-order valence-electron chi connectivity index (χ3n) is 2.01. The number of hydrogen-bond donors (Lipinski definition) is 1. The van der Waals surface area contributed by atoms with Crippen molar-refractivity contribution in [1.29, 1.82) is 0 Å². The van der Waals surface area contributed by atoms with Crippen molar-refractivity contribution >= 4 is 0 Å². The van der Waals surface area contributed by atoms with Crippen LogP contribution in [0.2, 0.25) is 0 Å². The van der Waals surface area contributed by atoms with Gasteiger partial charge in [0.15, 0.2) is 0 Å². The van der Waals surface area contributed by atoms with Crippen molar-refractivity contribution in [2.24, 2.45) is 0 Å². The van der Waals surface area contributed by atoms with E-state index in [0.717, 1.165) is 5.56 Å². The number of ether oxygens (including phenoxy) is 1. The lowest BCUT2D eigenvalue weighted by Crippen LogP contribution is -2.11. The Bertz CT molecular complexity index is 221. The SMILES string of the molecule is CCOC[C@H](CO)c1ccccc1. The van der Waals surface area contributed by atoms with Crippen LogP contribution in [0.15, 0.2) is 30.3 Å². The predicted octanol–water partition coefficient (Wildman–Crippen LogP) is 1.80. The molecule has 0 heterocycles. The van der Waals surface area contributed by atoms with Gasteiger partial charge in [0.2, 0.25) is 0 Å². The van der Waals surface area contributed by atoms with Crippen LogP contribution in [-0.4, -0.2) is 24.9 Å². The smallest absolute Gasteiger partial charge is 0.0556 e. The highest BCUT2D eigenvalue weighted by Gasteiger charge is 2.08. The summed E-state index contributed by atoms with van der Waals surface area (Å²) in [5.74, 6) is 0.112. The van der Waals surface area contributed by atoms with Gasteiger partial charge in [-0.25, -0.2) is 0 Å². The van der Waals surface area contributed by atoms with Crippen LogP contribution in [0.1, 0.15) is 18.4 Å². The maximum Gasteiger partial charge on any atom is 0.0556 e. The molecule has 1 N–H and O–H groups in total. The van der Waals surface area contributed by atoms with Gasteiger partial charge in [0, 0.05) is 12.5 Å². The first-order chi connectivity index (χ1) is 6.38. The molecule has 0 amide bonds. The zero-order chi connectivity index (χ0) is 9.52. The van der Waals surface area contributed by atoms with Crippen molar-refractivity contribution in [3.63, 3.8) is 0 Å². The quantitative estimate of drug-likeness (QED) is 0.748. The lowest BCUT2D eigenvalue weighted by Gasteiger charge is -2.13. The van der Waals surface area contributed by atoms with E-state index in [2.05, 4.69) is 0 Å². The molecule has 0 bridgehead atoms. The molecular weight excluding hydrogens is 164 g/mol. The molecule has 1 rings (SSSR count). The van der Waals surface area contributed by atoms with Crippen molar-refractivity contribution in [3.05, 3.63) is 35.9 Å². The normalized spacial score (nSPS) is 12.8. The molecule has 1 atom stereocenters. The molecule has 0 unspecified atom stereocenters. The first kappa shape index (κ1) is 10.2. The van der Waals surface area contributed by atoms with Crippen molar-refractivity contribution in [2.75, 3.05) is 19.8 Å². The number of hydrogen-bond acceptors (Lipinski definition) is 2. The maximum atomic E-state index is 9.13. The summed E-state index contributed by atoms with van der Waals surface area (Å²) in [5.41, 5.74) is 1.14. The van der Waals surface area contributed by atoms with Crippen molar-refractivity contribution < 1.29 is 9.84 Å². The minimum atomic E-state index is 0.112. The number of aliphatic hydroxyl groups excluding tert-OH is 1. The Morgan fingerprint density at radius 1 is 1.31 bits per heavy atom. The van der Waals surface area contributed by atoms with Crippen LogP contribution in [0.3, 0.4) is 0 Å². The lowest BCUT2D eigenvalue weighted by atomic mass is 10.0. The van der Waals surface area contributed by atoms with Gasteiger partial charge >= 0.3 is 0 Å². The third-order valence-corrected chi connectivity index (χ3v) is 2.01. The van der Waals surface area contributed by atoms with Gasteiger partial charge < -0.3 is 9.84 Å². The maximum absolute atomic E-state index is 9.13. The number of benzene rings is 1. The van der Waals surface area contributed by atoms with E-state index in [1.165, 1.54) is 0 Å². The van der Waals surface area contributed by atoms with E-state index in [4.69, 9.17) is 9.84 Å². The van der Waals surface area contributed by atoms with Gasteiger partial charge in [-0.15, -0.1) is 0 Å². The number of aliphatic hydroxyl groups is 1. The van der Waals surface area contributed by atoms with Crippen molar-refractivity contribution in [1.82, 2.24) is 0 Å². The molecule has 72 valence electrons. The van der Waals surface area contributed by atoms with E-state index in [9.17, 15) is 0 Å². The highest BCUT2D eigenvalue weighted by Crippen LogP contribution is 2.14. The zero-order valence-electron chi connectivity index (χ0n) is 7.94. The molecule has 0 spiro atoms. The van der Waals surface area contributed by atoms with Crippen LogP contribution in [-0.2, 0) is 4.74 Å². The molecule has 2 heteroatoms. The summed E-state index contributed by atoms with van der Waals surface area (Å²) in [5, 5.41) is 9.13. The standard InChI is InChI=1S/C11H16O2/c1-2-13-9-11(8-12)10-6-4-3-5-7-10/h3-7,11-12H,2,8-9H2,1H3/t11-/m0/s1. The molecule has 0 aliphatic carbocycles. The van der Waals surface area contributed by atoms with E-state index < -0.39 is 0 Å². The fourth-order valence-corrected chi connectivity index (χ4v) is 1.24. The van der Waals surface area contributed by atoms with Crippen LogP contribution >= 0.6 is 0 Å². The first-order valence-electron chi connectivity index (χ1n) is 4.62. The Balaban J connectivity index is 2.56. The Labute approximate surface area is 79.2 Å². The van der Waals surface area contributed by atoms with E-state index in [1.807, 2.05) is 37.3 Å². The zero-order valence-corrected chi connectivity index (χ0v) is 7.94. The van der Waals surface area contributed by atoms with Crippen LogP contribution in [0.4, 0.5) is 0 Å². The van der Waals surface area contributed by atoms with Gasteiger partial charge in [0.25, 0.3) is 0 Å². The molecule has 0 aliphatic heterocycles. The molecule has 13 heavy (non-hydrogen) atoms. The van der Waals surface area contributed by atoms with Gasteiger partial charge in [0.1, 0.15) is 0 Å². The van der Waals surface area contributed by atoms with Gasteiger partial charge in [-0.2, -0.15) is 0 Å². The number of rotatable bonds is 5. The Morgan fingerprint density at radius 2 is 2.00 bits per heavy atom. The summed E-state index contributed by atoms with van der Waals surface area (Å²) in [6.07, 6.45) is 0. The van der Waals surface area contributed by atoms with Crippen LogP contribution < -0.4 is 0 Å². The fraction of sp³-hybridized carbons (Fsp3) is 0.455. The minimum Gasteiger partial charge on any atom is -0.396 e. The average Bonchev–Trinajstić information content (AvgIpc) is 2.21. The predicted molar refractivity (Wildman–Crippen MR) is 52.8 cm³/mol. The van der Waals surface area contributed by atoms with E-state index in [1.54, 1.807) is 0 Å². The average molecular weight is 180 g/mol. The minimum absolute atomic E-state index is 0.112. The lowest BCUT2D eigenvalue weighted by molar-refractivity contribution is 0.109. The summed E-state index contributed by atoms with van der Waals surface area (Å²) in [7, 11) is 0. The van der Waals surface area contributed by atoms with E-state index in [-0.39, 0.29) is 12.5 Å². The molecule has 0 aromatic heterocycles. The second-order valence-electron chi connectivity index (χ2n) is 2.95. The summed E-state index contributed by atoms with van der Waals surface area (Å²) in [4.78, 5) is 0. The Kier molecular flexibility index (Phi) is 4.50. The second-order valence-corrected chi connectivity index (χ2v) is 2.95. The van der Waals surface area contributed by atoms with Crippen molar-refractivity contribution in [3.8, 4) is 0 Å². The highest BCUT2D eigenvalue weighted by molar-refractivity contribution is 5.19.